The maximum atomic E-state index is 12.3. The van der Waals surface area contributed by atoms with Crippen LogP contribution in [0.3, 0.4) is 0 Å². The highest BCUT2D eigenvalue weighted by Crippen LogP contribution is 2.13. The first-order valence-electron chi connectivity index (χ1n) is 6.66. The van der Waals surface area contributed by atoms with Gasteiger partial charge in [-0.1, -0.05) is 12.1 Å². The molecule has 1 amide bonds. The molecule has 0 aliphatic heterocycles. The van der Waals surface area contributed by atoms with Gasteiger partial charge < -0.3 is 14.9 Å². The van der Waals surface area contributed by atoms with Crippen LogP contribution < -0.4 is 0 Å². The minimum Gasteiger partial charge on any atom is -0.508 e. The molecule has 106 valence electrons. The Morgan fingerprint density at radius 3 is 2.58 bits per heavy atom. The van der Waals surface area contributed by atoms with Crippen LogP contribution in [0.25, 0.3) is 0 Å². The molecule has 0 aliphatic carbocycles. The van der Waals surface area contributed by atoms with Crippen molar-refractivity contribution in [1.82, 2.24) is 9.80 Å². The summed E-state index contributed by atoms with van der Waals surface area (Å²) in [5.74, 6) is 0.303. The molecule has 0 aromatic heterocycles. The average molecular weight is 264 g/mol. The molecule has 1 aromatic carbocycles. The van der Waals surface area contributed by atoms with Crippen molar-refractivity contribution in [3.8, 4) is 5.75 Å². The van der Waals surface area contributed by atoms with Gasteiger partial charge in [-0.05, 0) is 45.6 Å². The molecule has 1 unspecified atom stereocenters. The Morgan fingerprint density at radius 2 is 2.05 bits per heavy atom. The summed E-state index contributed by atoms with van der Waals surface area (Å²) in [6.45, 7) is 5.60. The molecule has 0 saturated heterocycles. The third kappa shape index (κ3) is 4.91. The number of aromatic hydroxyl groups is 1. The zero-order valence-corrected chi connectivity index (χ0v) is 12.3. The predicted molar refractivity (Wildman–Crippen MR) is 77.2 cm³/mol. The van der Waals surface area contributed by atoms with Crippen molar-refractivity contribution in [2.24, 2.45) is 0 Å². The molecule has 4 nitrogen and oxygen atoms in total. The van der Waals surface area contributed by atoms with Gasteiger partial charge in [-0.25, -0.2) is 0 Å². The van der Waals surface area contributed by atoms with Gasteiger partial charge >= 0.3 is 0 Å². The van der Waals surface area contributed by atoms with E-state index in [1.807, 2.05) is 32.0 Å². The first kappa shape index (κ1) is 15.5. The van der Waals surface area contributed by atoms with Crippen LogP contribution in [0.5, 0.6) is 5.75 Å². The summed E-state index contributed by atoms with van der Waals surface area (Å²) in [5.41, 5.74) is 0.848. The van der Waals surface area contributed by atoms with Crippen molar-refractivity contribution in [3.63, 3.8) is 0 Å². The molecule has 0 spiro atoms. The van der Waals surface area contributed by atoms with E-state index in [0.717, 1.165) is 12.1 Å². The van der Waals surface area contributed by atoms with Crippen LogP contribution in [-0.2, 0) is 11.2 Å². The summed E-state index contributed by atoms with van der Waals surface area (Å²) in [6.07, 6.45) is 0.333. The van der Waals surface area contributed by atoms with Crippen LogP contribution in [-0.4, -0.2) is 54.0 Å². The smallest absolute Gasteiger partial charge is 0.227 e. The second kappa shape index (κ2) is 7.14. The zero-order chi connectivity index (χ0) is 14.4. The third-order valence-electron chi connectivity index (χ3n) is 3.09. The third-order valence-corrected chi connectivity index (χ3v) is 3.09. The Hall–Kier alpha value is -1.55. The summed E-state index contributed by atoms with van der Waals surface area (Å²) in [5, 5.41) is 9.42. The molecule has 4 heteroatoms. The van der Waals surface area contributed by atoms with E-state index in [2.05, 4.69) is 11.8 Å². The van der Waals surface area contributed by atoms with Gasteiger partial charge in [-0.2, -0.15) is 0 Å². The van der Waals surface area contributed by atoms with Crippen molar-refractivity contribution >= 4 is 5.91 Å². The first-order valence-corrected chi connectivity index (χ1v) is 6.66. The van der Waals surface area contributed by atoms with E-state index in [4.69, 9.17) is 0 Å². The fraction of sp³-hybridized carbons (Fsp3) is 0.533. The van der Waals surface area contributed by atoms with Crippen molar-refractivity contribution in [3.05, 3.63) is 29.8 Å². The van der Waals surface area contributed by atoms with E-state index < -0.39 is 0 Å². The number of amides is 1. The van der Waals surface area contributed by atoms with Gasteiger partial charge in [-0.3, -0.25) is 4.79 Å². The molecule has 0 saturated carbocycles. The van der Waals surface area contributed by atoms with Crippen LogP contribution in [0.4, 0.5) is 0 Å². The van der Waals surface area contributed by atoms with E-state index in [-0.39, 0.29) is 17.7 Å². The number of benzene rings is 1. The number of hydrogen-bond donors (Lipinski definition) is 1. The predicted octanol–water partition coefficient (Wildman–Crippen LogP) is 1.73. The Balaban J connectivity index is 2.68. The number of hydrogen-bond acceptors (Lipinski definition) is 3. The molecule has 1 N–H and O–H groups in total. The van der Waals surface area contributed by atoms with Gasteiger partial charge in [0, 0.05) is 19.1 Å². The van der Waals surface area contributed by atoms with Gasteiger partial charge in [0.05, 0.1) is 6.42 Å². The molecule has 0 aliphatic rings. The number of rotatable bonds is 6. The normalized spacial score (nSPS) is 12.5. The van der Waals surface area contributed by atoms with Gasteiger partial charge in [-0.15, -0.1) is 0 Å². The van der Waals surface area contributed by atoms with Crippen molar-refractivity contribution in [1.29, 1.82) is 0 Å². The number of phenolic OH excluding ortho intramolecular Hbond substituents is 1. The standard InChI is InChI=1S/C15H24N2O2/c1-5-17(12(2)11-16(3)4)15(19)10-13-7-6-8-14(18)9-13/h6-9,12,18H,5,10-11H2,1-4H3. The van der Waals surface area contributed by atoms with Gasteiger partial charge in [0.1, 0.15) is 5.75 Å². The van der Waals surface area contributed by atoms with Crippen LogP contribution in [0.1, 0.15) is 19.4 Å². The van der Waals surface area contributed by atoms with Crippen molar-refractivity contribution < 1.29 is 9.90 Å². The minimum atomic E-state index is 0.0995. The maximum Gasteiger partial charge on any atom is 0.227 e. The topological polar surface area (TPSA) is 43.8 Å². The first-order chi connectivity index (χ1) is 8.93. The summed E-state index contributed by atoms with van der Waals surface area (Å²) >= 11 is 0. The highest BCUT2D eigenvalue weighted by Gasteiger charge is 2.19. The molecule has 1 atom stereocenters. The molecule has 0 heterocycles. The van der Waals surface area contributed by atoms with Crippen molar-refractivity contribution in [2.45, 2.75) is 26.3 Å². The average Bonchev–Trinajstić information content (AvgIpc) is 2.28. The molecule has 1 rings (SSSR count). The molecular formula is C15H24N2O2. The van der Waals surface area contributed by atoms with Gasteiger partial charge in [0.15, 0.2) is 0 Å². The Bertz CT molecular complexity index is 418. The summed E-state index contributed by atoms with van der Waals surface area (Å²) in [6, 6.07) is 7.06. The second-order valence-electron chi connectivity index (χ2n) is 5.14. The van der Waals surface area contributed by atoms with Crippen LogP contribution >= 0.6 is 0 Å². The lowest BCUT2D eigenvalue weighted by atomic mass is 10.1. The number of carbonyl (C=O) groups excluding carboxylic acids is 1. The number of phenols is 1. The lowest BCUT2D eigenvalue weighted by Gasteiger charge is -2.30. The van der Waals surface area contributed by atoms with Crippen molar-refractivity contribution in [2.75, 3.05) is 27.2 Å². The number of carbonyl (C=O) groups is 1. The minimum absolute atomic E-state index is 0.0995. The molecule has 0 fully saturated rings. The Labute approximate surface area is 115 Å². The fourth-order valence-electron chi connectivity index (χ4n) is 2.30. The summed E-state index contributed by atoms with van der Waals surface area (Å²) in [4.78, 5) is 16.3. The Kier molecular flexibility index (Phi) is 5.83. The van der Waals surface area contributed by atoms with E-state index >= 15 is 0 Å². The van der Waals surface area contributed by atoms with Crippen LogP contribution in [0.2, 0.25) is 0 Å². The highest BCUT2D eigenvalue weighted by molar-refractivity contribution is 5.79. The molecule has 1 aromatic rings. The highest BCUT2D eigenvalue weighted by atomic mass is 16.3. The molecule has 0 radical (unpaired) electrons. The second-order valence-corrected chi connectivity index (χ2v) is 5.14. The molecular weight excluding hydrogens is 240 g/mol. The number of likely N-dealkylation sites (N-methyl/N-ethyl adjacent to an activating group) is 2. The summed E-state index contributed by atoms with van der Waals surface area (Å²) in [7, 11) is 4.01. The number of nitrogens with zero attached hydrogens (tertiary/aromatic N) is 2. The van der Waals surface area contributed by atoms with Crippen LogP contribution in [0, 0.1) is 0 Å². The molecule has 0 bridgehead atoms. The van der Waals surface area contributed by atoms with E-state index in [1.54, 1.807) is 18.2 Å². The lowest BCUT2D eigenvalue weighted by molar-refractivity contribution is -0.132. The largest absolute Gasteiger partial charge is 0.508 e. The van der Waals surface area contributed by atoms with E-state index in [1.165, 1.54) is 0 Å². The van der Waals surface area contributed by atoms with Gasteiger partial charge in [0.25, 0.3) is 0 Å². The molecule has 19 heavy (non-hydrogen) atoms. The lowest BCUT2D eigenvalue weighted by Crippen LogP contribution is -2.44. The van der Waals surface area contributed by atoms with Gasteiger partial charge in [0.2, 0.25) is 5.91 Å². The summed E-state index contributed by atoms with van der Waals surface area (Å²) < 4.78 is 0. The van der Waals surface area contributed by atoms with E-state index in [9.17, 15) is 9.90 Å². The van der Waals surface area contributed by atoms with Crippen LogP contribution in [0.15, 0.2) is 24.3 Å². The fourth-order valence-corrected chi connectivity index (χ4v) is 2.30. The maximum absolute atomic E-state index is 12.3. The monoisotopic (exact) mass is 264 g/mol. The zero-order valence-electron chi connectivity index (χ0n) is 12.3. The SMILES string of the molecule is CCN(C(=O)Cc1cccc(O)c1)C(C)CN(C)C. The Morgan fingerprint density at radius 1 is 1.37 bits per heavy atom. The quantitative estimate of drug-likeness (QED) is 0.851. The van der Waals surface area contributed by atoms with E-state index in [0.29, 0.717) is 13.0 Å².